The van der Waals surface area contributed by atoms with Gasteiger partial charge in [-0.3, -0.25) is 4.79 Å². The van der Waals surface area contributed by atoms with Crippen molar-refractivity contribution < 1.29 is 4.79 Å². The number of benzene rings is 3. The monoisotopic (exact) mass is 378 g/mol. The molecule has 3 nitrogen and oxygen atoms in total. The zero-order valence-electron chi connectivity index (χ0n) is 12.9. The van der Waals surface area contributed by atoms with Crippen molar-refractivity contribution in [2.75, 3.05) is 0 Å². The standard InChI is InChI=1S/C20H15BrN2O/c21-17-10-8-15(9-11-17)20(24)23-22-12-16-7-6-14-5-4-13-2-1-3-18(16)19(13)14/h1-3,6-12H,4-5H2,(H,23,24)/b22-12+. The highest BCUT2D eigenvalue weighted by Crippen LogP contribution is 2.32. The van der Waals surface area contributed by atoms with Crippen LogP contribution in [0.1, 0.15) is 27.0 Å². The number of carbonyl (C=O) groups excluding carboxylic acids is 1. The number of hydrogen-bond donors (Lipinski definition) is 1. The van der Waals surface area contributed by atoms with Gasteiger partial charge in [0.2, 0.25) is 0 Å². The Kier molecular flexibility index (Phi) is 3.90. The van der Waals surface area contributed by atoms with E-state index in [0.717, 1.165) is 22.9 Å². The number of carbonyl (C=O) groups is 1. The minimum atomic E-state index is -0.218. The smallest absolute Gasteiger partial charge is 0.267 e. The summed E-state index contributed by atoms with van der Waals surface area (Å²) < 4.78 is 0.940. The lowest BCUT2D eigenvalue weighted by atomic mass is 10.0. The molecular formula is C20H15BrN2O. The Morgan fingerprint density at radius 1 is 1.00 bits per heavy atom. The molecule has 0 unspecified atom stereocenters. The van der Waals surface area contributed by atoms with E-state index in [9.17, 15) is 4.79 Å². The summed E-state index contributed by atoms with van der Waals surface area (Å²) in [6.07, 6.45) is 3.93. The maximum atomic E-state index is 12.1. The summed E-state index contributed by atoms with van der Waals surface area (Å²) in [6.45, 7) is 0. The van der Waals surface area contributed by atoms with E-state index in [1.165, 1.54) is 21.9 Å². The number of hydrazone groups is 1. The van der Waals surface area contributed by atoms with Gasteiger partial charge in [0.25, 0.3) is 5.91 Å². The molecule has 0 fully saturated rings. The van der Waals surface area contributed by atoms with Gasteiger partial charge in [0, 0.05) is 15.6 Å². The maximum Gasteiger partial charge on any atom is 0.271 e. The molecule has 24 heavy (non-hydrogen) atoms. The zero-order chi connectivity index (χ0) is 16.5. The second-order valence-electron chi connectivity index (χ2n) is 5.86. The van der Waals surface area contributed by atoms with Crippen molar-refractivity contribution in [3.8, 4) is 0 Å². The second-order valence-corrected chi connectivity index (χ2v) is 6.78. The summed E-state index contributed by atoms with van der Waals surface area (Å²) in [6, 6.07) is 17.8. The molecule has 0 aromatic heterocycles. The summed E-state index contributed by atoms with van der Waals surface area (Å²) >= 11 is 3.36. The molecule has 1 aliphatic rings. The Hall–Kier alpha value is -2.46. The first-order chi connectivity index (χ1) is 11.7. The molecule has 0 spiro atoms. The van der Waals surface area contributed by atoms with Crippen molar-refractivity contribution in [3.05, 3.63) is 81.3 Å². The van der Waals surface area contributed by atoms with Gasteiger partial charge >= 0.3 is 0 Å². The van der Waals surface area contributed by atoms with Crippen LogP contribution in [0.2, 0.25) is 0 Å². The van der Waals surface area contributed by atoms with E-state index in [-0.39, 0.29) is 5.91 Å². The van der Waals surface area contributed by atoms with E-state index in [2.05, 4.69) is 56.8 Å². The highest BCUT2D eigenvalue weighted by molar-refractivity contribution is 9.10. The van der Waals surface area contributed by atoms with Crippen molar-refractivity contribution in [2.24, 2.45) is 5.10 Å². The maximum absolute atomic E-state index is 12.1. The summed E-state index contributed by atoms with van der Waals surface area (Å²) in [5.74, 6) is -0.218. The minimum absolute atomic E-state index is 0.218. The molecule has 4 heteroatoms. The largest absolute Gasteiger partial charge is 0.271 e. The number of aryl methyl sites for hydroxylation is 2. The molecule has 0 radical (unpaired) electrons. The van der Waals surface area contributed by atoms with Gasteiger partial charge in [-0.05, 0) is 59.0 Å². The molecule has 3 aromatic carbocycles. The Balaban J connectivity index is 1.58. The summed E-state index contributed by atoms with van der Waals surface area (Å²) in [7, 11) is 0. The number of hydrogen-bond acceptors (Lipinski definition) is 2. The van der Waals surface area contributed by atoms with E-state index in [0.29, 0.717) is 5.56 Å². The molecule has 0 saturated carbocycles. The van der Waals surface area contributed by atoms with E-state index < -0.39 is 0 Å². The van der Waals surface area contributed by atoms with Crippen LogP contribution >= 0.6 is 15.9 Å². The van der Waals surface area contributed by atoms with Gasteiger partial charge < -0.3 is 0 Å². The molecular weight excluding hydrogens is 364 g/mol. The topological polar surface area (TPSA) is 41.5 Å². The van der Waals surface area contributed by atoms with Crippen LogP contribution in [0.25, 0.3) is 10.8 Å². The Morgan fingerprint density at radius 3 is 2.54 bits per heavy atom. The third-order valence-electron chi connectivity index (χ3n) is 4.39. The first kappa shape index (κ1) is 15.1. The van der Waals surface area contributed by atoms with Gasteiger partial charge in [0.15, 0.2) is 0 Å². The lowest BCUT2D eigenvalue weighted by Crippen LogP contribution is -2.17. The average Bonchev–Trinajstić information content (AvgIpc) is 3.02. The Bertz CT molecular complexity index is 951. The van der Waals surface area contributed by atoms with Gasteiger partial charge in [-0.1, -0.05) is 46.3 Å². The molecule has 0 aliphatic heterocycles. The molecule has 1 amide bonds. The fourth-order valence-electron chi connectivity index (χ4n) is 3.21. The van der Waals surface area contributed by atoms with E-state index in [1.54, 1.807) is 18.3 Å². The molecule has 4 rings (SSSR count). The third kappa shape index (κ3) is 2.74. The van der Waals surface area contributed by atoms with Gasteiger partial charge in [-0.2, -0.15) is 5.10 Å². The van der Waals surface area contributed by atoms with Crippen molar-refractivity contribution >= 4 is 38.8 Å². The van der Waals surface area contributed by atoms with Crippen LogP contribution < -0.4 is 5.43 Å². The van der Waals surface area contributed by atoms with Crippen LogP contribution in [0.4, 0.5) is 0 Å². The summed E-state index contributed by atoms with van der Waals surface area (Å²) in [5.41, 5.74) is 6.99. The molecule has 0 atom stereocenters. The van der Waals surface area contributed by atoms with E-state index in [4.69, 9.17) is 0 Å². The summed E-state index contributed by atoms with van der Waals surface area (Å²) in [5, 5.41) is 6.68. The Labute approximate surface area is 148 Å². The molecule has 0 heterocycles. The first-order valence-corrected chi connectivity index (χ1v) is 8.64. The molecule has 0 saturated heterocycles. The van der Waals surface area contributed by atoms with Crippen LogP contribution in [0.3, 0.4) is 0 Å². The zero-order valence-corrected chi connectivity index (χ0v) is 14.5. The van der Waals surface area contributed by atoms with Crippen LogP contribution in [-0.4, -0.2) is 12.1 Å². The van der Waals surface area contributed by atoms with Crippen molar-refractivity contribution in [2.45, 2.75) is 12.8 Å². The fourth-order valence-corrected chi connectivity index (χ4v) is 3.47. The second kappa shape index (κ2) is 6.21. The highest BCUT2D eigenvalue weighted by Gasteiger charge is 2.15. The molecule has 0 bridgehead atoms. The average molecular weight is 379 g/mol. The molecule has 118 valence electrons. The number of nitrogens with zero attached hydrogens (tertiary/aromatic N) is 1. The van der Waals surface area contributed by atoms with Gasteiger partial charge in [0.05, 0.1) is 6.21 Å². The normalized spacial score (nSPS) is 12.9. The molecule has 3 aromatic rings. The number of nitrogens with one attached hydrogen (secondary N) is 1. The highest BCUT2D eigenvalue weighted by atomic mass is 79.9. The lowest BCUT2D eigenvalue weighted by Gasteiger charge is -2.05. The van der Waals surface area contributed by atoms with Crippen molar-refractivity contribution in [1.29, 1.82) is 0 Å². The Morgan fingerprint density at radius 2 is 1.75 bits per heavy atom. The summed E-state index contributed by atoms with van der Waals surface area (Å²) in [4.78, 5) is 12.1. The predicted octanol–water partition coefficient (Wildman–Crippen LogP) is 4.46. The number of rotatable bonds is 3. The van der Waals surface area contributed by atoms with Gasteiger partial charge in [-0.15, -0.1) is 0 Å². The predicted molar refractivity (Wildman–Crippen MR) is 101 cm³/mol. The van der Waals surface area contributed by atoms with Crippen LogP contribution in [0, 0.1) is 0 Å². The number of amides is 1. The van der Waals surface area contributed by atoms with Crippen LogP contribution in [0.15, 0.2) is 64.2 Å². The lowest BCUT2D eigenvalue weighted by molar-refractivity contribution is 0.0955. The quantitative estimate of drug-likeness (QED) is 0.530. The van der Waals surface area contributed by atoms with Gasteiger partial charge in [0.1, 0.15) is 0 Å². The molecule has 1 N–H and O–H groups in total. The SMILES string of the molecule is O=C(N/N=C/c1ccc2c3c(cccc13)CC2)c1ccc(Br)cc1. The minimum Gasteiger partial charge on any atom is -0.267 e. The van der Waals surface area contributed by atoms with Gasteiger partial charge in [-0.25, -0.2) is 5.43 Å². The van der Waals surface area contributed by atoms with Crippen LogP contribution in [0.5, 0.6) is 0 Å². The van der Waals surface area contributed by atoms with Crippen molar-refractivity contribution in [1.82, 2.24) is 5.43 Å². The van der Waals surface area contributed by atoms with E-state index in [1.807, 2.05) is 12.1 Å². The third-order valence-corrected chi connectivity index (χ3v) is 4.92. The number of halogens is 1. The van der Waals surface area contributed by atoms with Crippen LogP contribution in [-0.2, 0) is 12.8 Å². The molecule has 1 aliphatic carbocycles. The van der Waals surface area contributed by atoms with E-state index >= 15 is 0 Å². The first-order valence-electron chi connectivity index (χ1n) is 7.85. The fraction of sp³-hybridized carbons (Fsp3) is 0.100. The van der Waals surface area contributed by atoms with Crippen molar-refractivity contribution in [3.63, 3.8) is 0 Å².